The summed E-state index contributed by atoms with van der Waals surface area (Å²) in [5.74, 6) is -1.22. The molecule has 15 heavy (non-hydrogen) atoms. The van der Waals surface area contributed by atoms with Crippen molar-refractivity contribution in [3.05, 3.63) is 28.8 Å². The van der Waals surface area contributed by atoms with E-state index >= 15 is 0 Å². The number of carboxylic acid groups (broad SMARTS) is 1. The molecule has 1 rings (SSSR count). The summed E-state index contributed by atoms with van der Waals surface area (Å²) >= 11 is 5.84. The molecule has 0 radical (unpaired) electrons. The zero-order valence-electron chi connectivity index (χ0n) is 8.75. The Morgan fingerprint density at radius 3 is 2.87 bits per heavy atom. The third-order valence-corrected chi connectivity index (χ3v) is 2.45. The normalized spacial score (nSPS) is 12.2. The van der Waals surface area contributed by atoms with E-state index in [0.29, 0.717) is 11.6 Å². The van der Waals surface area contributed by atoms with Crippen molar-refractivity contribution in [2.24, 2.45) is 5.92 Å². The van der Waals surface area contributed by atoms with Gasteiger partial charge in [-0.25, -0.2) is 0 Å². The number of hydrogen-bond donors (Lipinski definition) is 2. The molecule has 0 aliphatic carbocycles. The summed E-state index contributed by atoms with van der Waals surface area (Å²) in [5, 5.41) is 12.4. The monoisotopic (exact) mass is 227 g/mol. The molecule has 0 aromatic heterocycles. The van der Waals surface area contributed by atoms with Crippen LogP contribution in [0.3, 0.4) is 0 Å². The Morgan fingerprint density at radius 2 is 2.27 bits per heavy atom. The summed E-state index contributed by atoms with van der Waals surface area (Å²) in [4.78, 5) is 10.6. The molecule has 0 saturated carbocycles. The molecule has 0 spiro atoms. The SMILES string of the molecule is Cc1ccc(Cl)cc1NCC(C)C(=O)O. The maximum atomic E-state index is 10.6. The van der Waals surface area contributed by atoms with Crippen LogP contribution in [0.15, 0.2) is 18.2 Å². The van der Waals surface area contributed by atoms with Gasteiger partial charge in [0.25, 0.3) is 0 Å². The maximum Gasteiger partial charge on any atom is 0.308 e. The highest BCUT2D eigenvalue weighted by Crippen LogP contribution is 2.20. The van der Waals surface area contributed by atoms with Gasteiger partial charge in [-0.05, 0) is 24.6 Å². The molecule has 0 aliphatic heterocycles. The van der Waals surface area contributed by atoms with Gasteiger partial charge in [0.05, 0.1) is 5.92 Å². The molecule has 0 aliphatic rings. The molecule has 1 aromatic carbocycles. The number of nitrogens with one attached hydrogen (secondary N) is 1. The van der Waals surface area contributed by atoms with Crippen LogP contribution in [0.2, 0.25) is 5.02 Å². The lowest BCUT2D eigenvalue weighted by molar-refractivity contribution is -0.140. The Kier molecular flexibility index (Phi) is 3.97. The predicted molar refractivity (Wildman–Crippen MR) is 61.5 cm³/mol. The molecule has 0 fully saturated rings. The van der Waals surface area contributed by atoms with Crippen molar-refractivity contribution in [1.29, 1.82) is 0 Å². The first kappa shape index (κ1) is 11.9. The van der Waals surface area contributed by atoms with E-state index in [1.807, 2.05) is 19.1 Å². The number of aliphatic carboxylic acids is 1. The molecular weight excluding hydrogens is 214 g/mol. The average Bonchev–Trinajstić information content (AvgIpc) is 2.18. The zero-order valence-corrected chi connectivity index (χ0v) is 9.51. The van der Waals surface area contributed by atoms with Crippen molar-refractivity contribution in [3.63, 3.8) is 0 Å². The molecule has 0 bridgehead atoms. The van der Waals surface area contributed by atoms with Gasteiger partial charge >= 0.3 is 5.97 Å². The van der Waals surface area contributed by atoms with Gasteiger partial charge in [0.2, 0.25) is 0 Å². The van der Waals surface area contributed by atoms with Crippen LogP contribution >= 0.6 is 11.6 Å². The van der Waals surface area contributed by atoms with E-state index in [9.17, 15) is 4.79 Å². The molecule has 82 valence electrons. The van der Waals surface area contributed by atoms with Gasteiger partial charge in [0, 0.05) is 17.3 Å². The van der Waals surface area contributed by atoms with E-state index in [1.54, 1.807) is 13.0 Å². The van der Waals surface area contributed by atoms with Crippen LogP contribution in [0, 0.1) is 12.8 Å². The number of hydrogen-bond acceptors (Lipinski definition) is 2. The zero-order chi connectivity index (χ0) is 11.4. The Morgan fingerprint density at radius 1 is 1.60 bits per heavy atom. The van der Waals surface area contributed by atoms with Gasteiger partial charge in [-0.15, -0.1) is 0 Å². The second-order valence-electron chi connectivity index (χ2n) is 3.58. The first-order chi connectivity index (χ1) is 7.00. The Hall–Kier alpha value is -1.22. The molecular formula is C11H14ClNO2. The maximum absolute atomic E-state index is 10.6. The molecule has 4 heteroatoms. The van der Waals surface area contributed by atoms with Gasteiger partial charge in [-0.3, -0.25) is 4.79 Å². The fourth-order valence-electron chi connectivity index (χ4n) is 1.14. The van der Waals surface area contributed by atoms with E-state index in [4.69, 9.17) is 16.7 Å². The molecule has 2 N–H and O–H groups in total. The first-order valence-electron chi connectivity index (χ1n) is 4.73. The second kappa shape index (κ2) is 5.03. The van der Waals surface area contributed by atoms with E-state index in [2.05, 4.69) is 5.32 Å². The predicted octanol–water partition coefficient (Wildman–Crippen LogP) is 2.78. The Bertz CT molecular complexity index is 366. The molecule has 0 saturated heterocycles. The van der Waals surface area contributed by atoms with E-state index < -0.39 is 11.9 Å². The van der Waals surface area contributed by atoms with Gasteiger partial charge in [-0.1, -0.05) is 24.6 Å². The lowest BCUT2D eigenvalue weighted by atomic mass is 10.1. The Labute approximate surface area is 94.1 Å². The number of rotatable bonds is 4. The molecule has 3 nitrogen and oxygen atoms in total. The highest BCUT2D eigenvalue weighted by molar-refractivity contribution is 6.30. The number of anilines is 1. The summed E-state index contributed by atoms with van der Waals surface area (Å²) in [6.07, 6.45) is 0. The summed E-state index contributed by atoms with van der Waals surface area (Å²) < 4.78 is 0. The molecule has 1 atom stereocenters. The largest absolute Gasteiger partial charge is 0.481 e. The van der Waals surface area contributed by atoms with Crippen molar-refractivity contribution in [1.82, 2.24) is 0 Å². The summed E-state index contributed by atoms with van der Waals surface area (Å²) in [5.41, 5.74) is 1.94. The average molecular weight is 228 g/mol. The summed E-state index contributed by atoms with van der Waals surface area (Å²) in [6, 6.07) is 5.50. The minimum Gasteiger partial charge on any atom is -0.481 e. The van der Waals surface area contributed by atoms with Crippen LogP contribution in [0.1, 0.15) is 12.5 Å². The Balaban J connectivity index is 2.65. The molecule has 0 amide bonds. The number of carboxylic acids is 1. The first-order valence-corrected chi connectivity index (χ1v) is 5.11. The minimum atomic E-state index is -0.804. The van der Waals surface area contributed by atoms with Gasteiger partial charge in [-0.2, -0.15) is 0 Å². The van der Waals surface area contributed by atoms with Crippen LogP contribution in [-0.4, -0.2) is 17.6 Å². The smallest absolute Gasteiger partial charge is 0.308 e. The number of halogens is 1. The molecule has 1 aromatic rings. The van der Waals surface area contributed by atoms with E-state index in [1.165, 1.54) is 0 Å². The highest BCUT2D eigenvalue weighted by atomic mass is 35.5. The lowest BCUT2D eigenvalue weighted by Gasteiger charge is -2.12. The lowest BCUT2D eigenvalue weighted by Crippen LogP contribution is -2.19. The molecule has 0 heterocycles. The standard InChI is InChI=1S/C11H14ClNO2/c1-7-3-4-9(12)5-10(7)13-6-8(2)11(14)15/h3-5,8,13H,6H2,1-2H3,(H,14,15). The number of carbonyl (C=O) groups is 1. The third-order valence-electron chi connectivity index (χ3n) is 2.22. The summed E-state index contributed by atoms with van der Waals surface area (Å²) in [7, 11) is 0. The second-order valence-corrected chi connectivity index (χ2v) is 4.02. The fourth-order valence-corrected chi connectivity index (χ4v) is 1.31. The minimum absolute atomic E-state index is 0.399. The summed E-state index contributed by atoms with van der Waals surface area (Å²) in [6.45, 7) is 4.01. The van der Waals surface area contributed by atoms with Gasteiger partial charge in [0.15, 0.2) is 0 Å². The van der Waals surface area contributed by atoms with E-state index in [0.717, 1.165) is 11.3 Å². The molecule has 1 unspecified atom stereocenters. The van der Waals surface area contributed by atoms with Crippen molar-refractivity contribution in [2.45, 2.75) is 13.8 Å². The number of aryl methyl sites for hydroxylation is 1. The van der Waals surface area contributed by atoms with Gasteiger partial charge in [0.1, 0.15) is 0 Å². The van der Waals surface area contributed by atoms with Crippen LogP contribution in [0.4, 0.5) is 5.69 Å². The third kappa shape index (κ3) is 3.44. The van der Waals surface area contributed by atoms with Crippen LogP contribution in [0.25, 0.3) is 0 Å². The van der Waals surface area contributed by atoms with E-state index in [-0.39, 0.29) is 0 Å². The topological polar surface area (TPSA) is 49.3 Å². The highest BCUT2D eigenvalue weighted by Gasteiger charge is 2.10. The van der Waals surface area contributed by atoms with Crippen molar-refractivity contribution < 1.29 is 9.90 Å². The van der Waals surface area contributed by atoms with Gasteiger partial charge < -0.3 is 10.4 Å². The van der Waals surface area contributed by atoms with Crippen molar-refractivity contribution in [2.75, 3.05) is 11.9 Å². The van der Waals surface area contributed by atoms with Crippen LogP contribution in [0.5, 0.6) is 0 Å². The van der Waals surface area contributed by atoms with Crippen molar-refractivity contribution >= 4 is 23.3 Å². The van der Waals surface area contributed by atoms with Crippen LogP contribution < -0.4 is 5.32 Å². The number of benzene rings is 1. The fraction of sp³-hybridized carbons (Fsp3) is 0.364. The quantitative estimate of drug-likeness (QED) is 0.832. The van der Waals surface area contributed by atoms with Crippen LogP contribution in [-0.2, 0) is 4.79 Å². The van der Waals surface area contributed by atoms with Crippen molar-refractivity contribution in [3.8, 4) is 0 Å².